The van der Waals surface area contributed by atoms with Crippen LogP contribution in [0.2, 0.25) is 5.02 Å². The van der Waals surface area contributed by atoms with E-state index >= 15 is 0 Å². The molecule has 1 N–H and O–H groups in total. The number of hydrogen-bond donors (Lipinski definition) is 1. The zero-order valence-corrected chi connectivity index (χ0v) is 14.5. The van der Waals surface area contributed by atoms with Crippen LogP contribution < -0.4 is 14.8 Å². The number of amides is 1. The third-order valence-electron chi connectivity index (χ3n) is 3.92. The molecule has 0 aromatic heterocycles. The van der Waals surface area contributed by atoms with Crippen molar-refractivity contribution in [3.05, 3.63) is 58.1 Å². The molecule has 0 bridgehead atoms. The van der Waals surface area contributed by atoms with E-state index in [-0.39, 0.29) is 12.0 Å². The first kappa shape index (κ1) is 16.7. The van der Waals surface area contributed by atoms with Crippen LogP contribution in [0.4, 0.5) is 0 Å². The minimum Gasteiger partial charge on any atom is -0.494 e. The highest BCUT2D eigenvalue weighted by molar-refractivity contribution is 6.30. The van der Waals surface area contributed by atoms with E-state index < -0.39 is 0 Å². The first-order chi connectivity index (χ1) is 11.6. The Kier molecular flexibility index (Phi) is 4.95. The lowest BCUT2D eigenvalue weighted by Gasteiger charge is -2.13. The molecule has 2 aromatic carbocycles. The van der Waals surface area contributed by atoms with Gasteiger partial charge >= 0.3 is 0 Å². The third-order valence-corrected chi connectivity index (χ3v) is 4.18. The molecule has 0 fully saturated rings. The monoisotopic (exact) mass is 345 g/mol. The minimum atomic E-state index is -0.149. The summed E-state index contributed by atoms with van der Waals surface area (Å²) in [5, 5.41) is 3.52. The maximum Gasteiger partial charge on any atom is 0.251 e. The second-order valence-corrected chi connectivity index (χ2v) is 6.26. The van der Waals surface area contributed by atoms with Gasteiger partial charge in [-0.15, -0.1) is 0 Å². The zero-order valence-electron chi connectivity index (χ0n) is 13.8. The van der Waals surface area contributed by atoms with Gasteiger partial charge in [0.15, 0.2) is 0 Å². The van der Waals surface area contributed by atoms with Gasteiger partial charge in [-0.1, -0.05) is 11.6 Å². The van der Waals surface area contributed by atoms with Crippen LogP contribution >= 0.6 is 11.6 Å². The Labute approximate surface area is 146 Å². The molecule has 24 heavy (non-hydrogen) atoms. The molecule has 0 saturated heterocycles. The fraction of sp³-hybridized carbons (Fsp3) is 0.316. The molecule has 1 heterocycles. The van der Waals surface area contributed by atoms with Gasteiger partial charge < -0.3 is 14.8 Å². The van der Waals surface area contributed by atoms with Gasteiger partial charge in [0.05, 0.1) is 6.61 Å². The lowest BCUT2D eigenvalue weighted by Crippen LogP contribution is -2.23. The molecule has 0 radical (unpaired) electrons. The summed E-state index contributed by atoms with van der Waals surface area (Å²) < 4.78 is 11.5. The Bertz CT molecular complexity index is 743. The maximum atomic E-state index is 12.3. The fourth-order valence-corrected chi connectivity index (χ4v) is 2.91. The standard InChI is InChI=1S/C19H20ClNO3/c1-3-23-17-9-14-8-12(2)24-18(14)10-15(17)11-21-19(22)13-4-6-16(20)7-5-13/h4-7,9-10,12H,3,8,11H2,1-2H3,(H,21,22)/t12-/m0/s1. The summed E-state index contributed by atoms with van der Waals surface area (Å²) >= 11 is 5.85. The van der Waals surface area contributed by atoms with Crippen LogP contribution in [0.3, 0.4) is 0 Å². The van der Waals surface area contributed by atoms with E-state index in [1.54, 1.807) is 24.3 Å². The molecule has 1 aliphatic rings. The van der Waals surface area contributed by atoms with Crippen molar-refractivity contribution >= 4 is 17.5 Å². The molecule has 4 nitrogen and oxygen atoms in total. The molecule has 1 amide bonds. The van der Waals surface area contributed by atoms with E-state index in [0.29, 0.717) is 23.7 Å². The summed E-state index contributed by atoms with van der Waals surface area (Å²) in [5.41, 5.74) is 2.63. The summed E-state index contributed by atoms with van der Waals surface area (Å²) in [4.78, 5) is 12.3. The third kappa shape index (κ3) is 3.65. The SMILES string of the molecule is CCOc1cc2c(cc1CNC(=O)c1ccc(Cl)cc1)O[C@@H](C)C2. The van der Waals surface area contributed by atoms with Crippen LogP contribution in [-0.4, -0.2) is 18.6 Å². The first-order valence-electron chi connectivity index (χ1n) is 8.06. The molecule has 1 aliphatic heterocycles. The van der Waals surface area contributed by atoms with E-state index in [0.717, 1.165) is 29.0 Å². The Morgan fingerprint density at radius 1 is 1.33 bits per heavy atom. The van der Waals surface area contributed by atoms with Crippen molar-refractivity contribution in [2.75, 3.05) is 6.61 Å². The smallest absolute Gasteiger partial charge is 0.251 e. The molecule has 2 aromatic rings. The predicted octanol–water partition coefficient (Wildman–Crippen LogP) is 3.99. The van der Waals surface area contributed by atoms with Gasteiger partial charge in [-0.25, -0.2) is 0 Å². The number of nitrogens with one attached hydrogen (secondary N) is 1. The number of ether oxygens (including phenoxy) is 2. The summed E-state index contributed by atoms with van der Waals surface area (Å²) in [6, 6.07) is 10.8. The van der Waals surface area contributed by atoms with Crippen LogP contribution in [0, 0.1) is 0 Å². The molecule has 126 valence electrons. The Hall–Kier alpha value is -2.20. The summed E-state index contributed by atoms with van der Waals surface area (Å²) in [7, 11) is 0. The van der Waals surface area contributed by atoms with Crippen LogP contribution in [0.5, 0.6) is 11.5 Å². The van der Waals surface area contributed by atoms with Gasteiger partial charge in [-0.2, -0.15) is 0 Å². The molecule has 1 atom stereocenters. The fourth-order valence-electron chi connectivity index (χ4n) is 2.79. The summed E-state index contributed by atoms with van der Waals surface area (Å²) in [5.74, 6) is 1.52. The van der Waals surface area contributed by atoms with E-state index in [2.05, 4.69) is 5.32 Å². The lowest BCUT2D eigenvalue weighted by atomic mass is 10.1. The zero-order chi connectivity index (χ0) is 17.1. The maximum absolute atomic E-state index is 12.3. The average molecular weight is 346 g/mol. The molecule has 5 heteroatoms. The second kappa shape index (κ2) is 7.14. The van der Waals surface area contributed by atoms with Crippen LogP contribution in [0.25, 0.3) is 0 Å². The highest BCUT2D eigenvalue weighted by atomic mass is 35.5. The minimum absolute atomic E-state index is 0.149. The van der Waals surface area contributed by atoms with Crippen molar-refractivity contribution < 1.29 is 14.3 Å². The Morgan fingerprint density at radius 3 is 2.79 bits per heavy atom. The topological polar surface area (TPSA) is 47.6 Å². The van der Waals surface area contributed by atoms with Crippen molar-refractivity contribution in [3.8, 4) is 11.5 Å². The van der Waals surface area contributed by atoms with Crippen molar-refractivity contribution in [1.29, 1.82) is 0 Å². The van der Waals surface area contributed by atoms with E-state index in [4.69, 9.17) is 21.1 Å². The number of halogens is 1. The number of carbonyl (C=O) groups is 1. The van der Waals surface area contributed by atoms with Crippen LogP contribution in [0.15, 0.2) is 36.4 Å². The molecular formula is C19H20ClNO3. The molecule has 0 aliphatic carbocycles. The van der Waals surface area contributed by atoms with Gasteiger partial charge in [-0.3, -0.25) is 4.79 Å². The predicted molar refractivity (Wildman–Crippen MR) is 94.0 cm³/mol. The second-order valence-electron chi connectivity index (χ2n) is 5.82. The Balaban J connectivity index is 1.75. The number of rotatable bonds is 5. The Morgan fingerprint density at radius 2 is 2.08 bits per heavy atom. The van der Waals surface area contributed by atoms with Crippen molar-refractivity contribution in [2.24, 2.45) is 0 Å². The van der Waals surface area contributed by atoms with Gasteiger partial charge in [0.2, 0.25) is 0 Å². The van der Waals surface area contributed by atoms with E-state index in [9.17, 15) is 4.79 Å². The quantitative estimate of drug-likeness (QED) is 0.891. The summed E-state index contributed by atoms with van der Waals surface area (Å²) in [6.45, 7) is 4.94. The molecule has 0 unspecified atom stereocenters. The first-order valence-corrected chi connectivity index (χ1v) is 8.43. The average Bonchev–Trinajstić information content (AvgIpc) is 2.92. The summed E-state index contributed by atoms with van der Waals surface area (Å²) in [6.07, 6.45) is 1.06. The van der Waals surface area contributed by atoms with Gasteiger partial charge in [0.25, 0.3) is 5.91 Å². The van der Waals surface area contributed by atoms with Gasteiger partial charge in [0.1, 0.15) is 17.6 Å². The normalized spacial score (nSPS) is 15.5. The van der Waals surface area contributed by atoms with Crippen molar-refractivity contribution in [2.45, 2.75) is 32.9 Å². The molecule has 0 saturated carbocycles. The highest BCUT2D eigenvalue weighted by Gasteiger charge is 2.22. The highest BCUT2D eigenvalue weighted by Crippen LogP contribution is 2.35. The number of hydrogen-bond acceptors (Lipinski definition) is 3. The van der Waals surface area contributed by atoms with Gasteiger partial charge in [0, 0.05) is 34.7 Å². The van der Waals surface area contributed by atoms with Gasteiger partial charge in [-0.05, 0) is 50.2 Å². The number of fused-ring (bicyclic) bond motifs is 1. The van der Waals surface area contributed by atoms with Crippen LogP contribution in [-0.2, 0) is 13.0 Å². The van der Waals surface area contributed by atoms with Crippen LogP contribution in [0.1, 0.15) is 35.3 Å². The lowest BCUT2D eigenvalue weighted by molar-refractivity contribution is 0.0950. The number of carbonyl (C=O) groups excluding carboxylic acids is 1. The molecule has 3 rings (SSSR count). The van der Waals surface area contributed by atoms with E-state index in [1.165, 1.54) is 0 Å². The number of benzene rings is 2. The van der Waals surface area contributed by atoms with Crippen molar-refractivity contribution in [1.82, 2.24) is 5.32 Å². The largest absolute Gasteiger partial charge is 0.494 e. The molecular weight excluding hydrogens is 326 g/mol. The van der Waals surface area contributed by atoms with E-state index in [1.807, 2.05) is 26.0 Å². The van der Waals surface area contributed by atoms with Crippen molar-refractivity contribution in [3.63, 3.8) is 0 Å². The molecule has 0 spiro atoms.